The number of aromatic nitrogens is 2. The maximum absolute atomic E-state index is 4.25. The minimum absolute atomic E-state index is 0. The van der Waals surface area contributed by atoms with E-state index in [1.54, 1.807) is 0 Å². The second-order valence-electron chi connectivity index (χ2n) is 2.65. The Bertz CT molecular complexity index is 229. The molecule has 0 amide bonds. The molecule has 11 heavy (non-hydrogen) atoms. The molecule has 1 fully saturated rings. The van der Waals surface area contributed by atoms with Gasteiger partial charge in [0, 0.05) is 13.1 Å². The van der Waals surface area contributed by atoms with E-state index in [2.05, 4.69) is 16.5 Å². The predicted molar refractivity (Wildman–Crippen MR) is 37.7 cm³/mol. The molecule has 1 N–H and O–H groups in total. The molecule has 54 valence electrons. The fraction of sp³-hybridized carbons (Fsp3) is 0.571. The third-order valence-corrected chi connectivity index (χ3v) is 1.81. The molecular formula is C7H10KN3. The summed E-state index contributed by atoms with van der Waals surface area (Å²) in [5.74, 6) is 0. The van der Waals surface area contributed by atoms with E-state index < -0.39 is 0 Å². The first-order chi connectivity index (χ1) is 4.86. The molecule has 0 spiro atoms. The van der Waals surface area contributed by atoms with Crippen molar-refractivity contribution >= 4 is 0 Å². The minimum Gasteiger partial charge on any atom is -0.429 e. The van der Waals surface area contributed by atoms with Crippen LogP contribution in [0.25, 0.3) is 0 Å². The molecule has 0 saturated carbocycles. The largest absolute Gasteiger partial charge is 1.00 e. The maximum atomic E-state index is 4.25. The molecule has 1 aliphatic heterocycles. The summed E-state index contributed by atoms with van der Waals surface area (Å²) < 4.78 is 1.98. The van der Waals surface area contributed by atoms with Gasteiger partial charge in [-0.25, -0.2) is 5.10 Å². The van der Waals surface area contributed by atoms with Gasteiger partial charge < -0.3 is 16.1 Å². The first-order valence-electron chi connectivity index (χ1n) is 3.50. The van der Waals surface area contributed by atoms with Crippen LogP contribution in [-0.4, -0.2) is 22.9 Å². The Morgan fingerprint density at radius 2 is 2.45 bits per heavy atom. The summed E-state index contributed by atoms with van der Waals surface area (Å²) in [6.07, 6.45) is 1.92. The third-order valence-electron chi connectivity index (χ3n) is 1.81. The van der Waals surface area contributed by atoms with Crippen LogP contribution in [0.3, 0.4) is 0 Å². The van der Waals surface area contributed by atoms with Gasteiger partial charge in [-0.1, -0.05) is 6.92 Å². The fourth-order valence-electron chi connectivity index (χ4n) is 1.04. The zero-order chi connectivity index (χ0) is 6.97. The molecule has 0 radical (unpaired) electrons. The smallest absolute Gasteiger partial charge is 0.429 e. The zero-order valence-corrected chi connectivity index (χ0v) is 10.1. The van der Waals surface area contributed by atoms with Crippen molar-refractivity contribution in [1.82, 2.24) is 15.1 Å². The summed E-state index contributed by atoms with van der Waals surface area (Å²) in [6, 6.07) is 3.62. The van der Waals surface area contributed by atoms with Crippen LogP contribution in [-0.2, 0) is 0 Å². The van der Waals surface area contributed by atoms with Crippen LogP contribution in [0.1, 0.15) is 11.7 Å². The maximum Gasteiger partial charge on any atom is 1.00 e. The Morgan fingerprint density at radius 1 is 1.73 bits per heavy atom. The first kappa shape index (κ1) is 9.89. The van der Waals surface area contributed by atoms with Crippen LogP contribution >= 0.6 is 0 Å². The molecular weight excluding hydrogens is 165 g/mol. The SMILES string of the molecule is Cc1[c-]cn(C2CNC2)n1.[K+]. The molecule has 3 nitrogen and oxygen atoms in total. The van der Waals surface area contributed by atoms with Gasteiger partial charge in [0.2, 0.25) is 0 Å². The molecule has 4 heteroatoms. The van der Waals surface area contributed by atoms with Crippen molar-refractivity contribution in [3.63, 3.8) is 0 Å². The van der Waals surface area contributed by atoms with Gasteiger partial charge in [-0.15, -0.1) is 5.69 Å². The molecule has 0 atom stereocenters. The van der Waals surface area contributed by atoms with E-state index in [1.165, 1.54) is 0 Å². The molecule has 1 aromatic rings. The van der Waals surface area contributed by atoms with E-state index >= 15 is 0 Å². The van der Waals surface area contributed by atoms with Gasteiger partial charge in [-0.2, -0.15) is 6.20 Å². The quantitative estimate of drug-likeness (QED) is 0.367. The molecule has 0 aromatic carbocycles. The monoisotopic (exact) mass is 175 g/mol. The Kier molecular flexibility index (Phi) is 3.74. The van der Waals surface area contributed by atoms with E-state index in [0.29, 0.717) is 6.04 Å². The summed E-state index contributed by atoms with van der Waals surface area (Å²) in [6.45, 7) is 4.06. The van der Waals surface area contributed by atoms with Crippen molar-refractivity contribution in [2.45, 2.75) is 13.0 Å². The average molecular weight is 175 g/mol. The van der Waals surface area contributed by atoms with Crippen molar-refractivity contribution in [1.29, 1.82) is 0 Å². The summed E-state index contributed by atoms with van der Waals surface area (Å²) in [5.41, 5.74) is 0.979. The molecule has 2 heterocycles. The molecule has 2 rings (SSSR count). The first-order valence-corrected chi connectivity index (χ1v) is 3.50. The number of hydrogen-bond donors (Lipinski definition) is 1. The Morgan fingerprint density at radius 3 is 2.82 bits per heavy atom. The summed E-state index contributed by atoms with van der Waals surface area (Å²) in [4.78, 5) is 0. The van der Waals surface area contributed by atoms with Gasteiger partial charge in [0.1, 0.15) is 0 Å². The van der Waals surface area contributed by atoms with Crippen LogP contribution in [0.4, 0.5) is 0 Å². The summed E-state index contributed by atoms with van der Waals surface area (Å²) in [7, 11) is 0. The van der Waals surface area contributed by atoms with Crippen molar-refractivity contribution in [3.8, 4) is 0 Å². The van der Waals surface area contributed by atoms with Gasteiger partial charge in [0.15, 0.2) is 0 Å². The molecule has 1 saturated heterocycles. The number of nitrogens with zero attached hydrogens (tertiary/aromatic N) is 2. The Labute approximate surface area is 109 Å². The van der Waals surface area contributed by atoms with Gasteiger partial charge in [0.05, 0.1) is 6.04 Å². The zero-order valence-electron chi connectivity index (χ0n) is 6.96. The van der Waals surface area contributed by atoms with E-state index in [0.717, 1.165) is 18.8 Å². The van der Waals surface area contributed by atoms with Crippen molar-refractivity contribution < 1.29 is 51.4 Å². The molecule has 1 aromatic heterocycles. The molecule has 1 aliphatic rings. The van der Waals surface area contributed by atoms with Crippen LogP contribution in [0.5, 0.6) is 0 Å². The van der Waals surface area contributed by atoms with Crippen LogP contribution in [0, 0.1) is 13.0 Å². The normalized spacial score (nSPS) is 17.2. The van der Waals surface area contributed by atoms with Crippen LogP contribution in [0.15, 0.2) is 6.20 Å². The van der Waals surface area contributed by atoms with E-state index in [4.69, 9.17) is 0 Å². The second-order valence-corrected chi connectivity index (χ2v) is 2.65. The van der Waals surface area contributed by atoms with Crippen molar-refractivity contribution in [2.75, 3.05) is 13.1 Å². The number of aryl methyl sites for hydroxylation is 1. The van der Waals surface area contributed by atoms with E-state index in [9.17, 15) is 0 Å². The molecule has 0 unspecified atom stereocenters. The predicted octanol–water partition coefficient (Wildman–Crippen LogP) is -2.86. The summed E-state index contributed by atoms with van der Waals surface area (Å²) >= 11 is 0. The topological polar surface area (TPSA) is 29.9 Å². The number of hydrogen-bond acceptors (Lipinski definition) is 2. The van der Waals surface area contributed by atoms with E-state index in [1.807, 2.05) is 17.8 Å². The van der Waals surface area contributed by atoms with Crippen molar-refractivity contribution in [3.05, 3.63) is 18.0 Å². The standard InChI is InChI=1S/C7H10N3.K/c1-6-2-3-10(9-6)7-4-8-5-7;/h3,7-8H,4-5H2,1H3;/q-1;+1. The number of nitrogens with one attached hydrogen (secondary N) is 1. The minimum atomic E-state index is 0. The molecule has 0 aliphatic carbocycles. The third kappa shape index (κ3) is 2.14. The average Bonchev–Trinajstić information content (AvgIpc) is 2.10. The Hall–Kier alpha value is 0.806. The van der Waals surface area contributed by atoms with E-state index in [-0.39, 0.29) is 51.4 Å². The Balaban J connectivity index is 0.000000605. The van der Waals surface area contributed by atoms with Gasteiger partial charge in [-0.3, -0.25) is 0 Å². The summed E-state index contributed by atoms with van der Waals surface area (Å²) in [5, 5.41) is 7.45. The van der Waals surface area contributed by atoms with Gasteiger partial charge >= 0.3 is 51.4 Å². The van der Waals surface area contributed by atoms with Crippen LogP contribution in [0.2, 0.25) is 0 Å². The van der Waals surface area contributed by atoms with Gasteiger partial charge in [0.25, 0.3) is 0 Å². The van der Waals surface area contributed by atoms with Gasteiger partial charge in [-0.05, 0) is 0 Å². The number of rotatable bonds is 1. The van der Waals surface area contributed by atoms with Crippen LogP contribution < -0.4 is 56.7 Å². The second kappa shape index (κ2) is 4.16. The van der Waals surface area contributed by atoms with Crippen molar-refractivity contribution in [2.24, 2.45) is 0 Å². The molecule has 0 bridgehead atoms. The fourth-order valence-corrected chi connectivity index (χ4v) is 1.04.